The molecule has 2 aromatic rings. The van der Waals surface area contributed by atoms with Gasteiger partial charge in [0.25, 0.3) is 5.91 Å². The third kappa shape index (κ3) is 2.98. The minimum Gasteiger partial charge on any atom is -0.465 e. The molecule has 0 spiro atoms. The van der Waals surface area contributed by atoms with Gasteiger partial charge < -0.3 is 14.5 Å². The Morgan fingerprint density at radius 1 is 1.26 bits per heavy atom. The van der Waals surface area contributed by atoms with Crippen LogP contribution >= 0.6 is 0 Å². The van der Waals surface area contributed by atoms with Crippen LogP contribution in [0.15, 0.2) is 34.9 Å². The molecule has 1 aromatic heterocycles. The van der Waals surface area contributed by atoms with E-state index in [9.17, 15) is 9.59 Å². The monoisotopic (exact) mass is 260 g/mol. The molecule has 0 saturated carbocycles. The van der Waals surface area contributed by atoms with E-state index in [0.717, 1.165) is 0 Å². The number of oxazole rings is 1. The van der Waals surface area contributed by atoms with E-state index >= 15 is 0 Å². The molecule has 98 valence electrons. The number of aryl methyl sites for hydroxylation is 1. The molecule has 1 amide bonds. The SMILES string of the molecule is COC(=O)c1ccc(NC(=O)c2coc(C)n2)cc1. The summed E-state index contributed by atoms with van der Waals surface area (Å²) in [5.41, 5.74) is 1.17. The molecule has 0 aliphatic heterocycles. The minimum absolute atomic E-state index is 0.203. The highest BCUT2D eigenvalue weighted by molar-refractivity contribution is 6.02. The smallest absolute Gasteiger partial charge is 0.337 e. The molecule has 1 N–H and O–H groups in total. The Morgan fingerprint density at radius 3 is 2.47 bits per heavy atom. The van der Waals surface area contributed by atoms with Crippen molar-refractivity contribution in [3.8, 4) is 0 Å². The molecule has 6 nitrogen and oxygen atoms in total. The normalized spacial score (nSPS) is 10.0. The number of nitrogens with zero attached hydrogens (tertiary/aromatic N) is 1. The van der Waals surface area contributed by atoms with Crippen LogP contribution < -0.4 is 5.32 Å². The van der Waals surface area contributed by atoms with Crippen LogP contribution in [0.5, 0.6) is 0 Å². The summed E-state index contributed by atoms with van der Waals surface area (Å²) in [5, 5.41) is 2.64. The second-order valence-corrected chi connectivity index (χ2v) is 3.77. The van der Waals surface area contributed by atoms with Crippen molar-refractivity contribution >= 4 is 17.6 Å². The zero-order chi connectivity index (χ0) is 13.8. The first-order valence-electron chi connectivity index (χ1n) is 5.52. The number of ether oxygens (including phenoxy) is 1. The molecule has 0 saturated heterocycles. The number of anilines is 1. The van der Waals surface area contributed by atoms with Crippen molar-refractivity contribution in [2.24, 2.45) is 0 Å². The maximum Gasteiger partial charge on any atom is 0.337 e. The van der Waals surface area contributed by atoms with Gasteiger partial charge in [-0.25, -0.2) is 9.78 Å². The summed E-state index contributed by atoms with van der Waals surface area (Å²) >= 11 is 0. The van der Waals surface area contributed by atoms with E-state index in [1.54, 1.807) is 31.2 Å². The Labute approximate surface area is 109 Å². The fraction of sp³-hybridized carbons (Fsp3) is 0.154. The number of carbonyl (C=O) groups is 2. The van der Waals surface area contributed by atoms with Gasteiger partial charge in [-0.05, 0) is 24.3 Å². The second-order valence-electron chi connectivity index (χ2n) is 3.77. The summed E-state index contributed by atoms with van der Waals surface area (Å²) in [4.78, 5) is 26.9. The van der Waals surface area contributed by atoms with Gasteiger partial charge in [0, 0.05) is 12.6 Å². The summed E-state index contributed by atoms with van der Waals surface area (Å²) in [7, 11) is 1.31. The predicted octanol–water partition coefficient (Wildman–Crippen LogP) is 2.02. The van der Waals surface area contributed by atoms with Crippen LogP contribution in [0.4, 0.5) is 5.69 Å². The zero-order valence-electron chi connectivity index (χ0n) is 10.5. The number of aromatic nitrogens is 1. The van der Waals surface area contributed by atoms with Crippen molar-refractivity contribution < 1.29 is 18.7 Å². The van der Waals surface area contributed by atoms with Crippen molar-refractivity contribution in [3.63, 3.8) is 0 Å². The number of carbonyl (C=O) groups excluding carboxylic acids is 2. The molecular weight excluding hydrogens is 248 g/mol. The molecule has 0 atom stereocenters. The molecule has 6 heteroatoms. The second kappa shape index (κ2) is 5.34. The first-order chi connectivity index (χ1) is 9.10. The van der Waals surface area contributed by atoms with Gasteiger partial charge in [0.2, 0.25) is 0 Å². The molecule has 0 aliphatic carbocycles. The predicted molar refractivity (Wildman–Crippen MR) is 67.0 cm³/mol. The number of benzene rings is 1. The van der Waals surface area contributed by atoms with E-state index in [0.29, 0.717) is 17.1 Å². The number of amides is 1. The standard InChI is InChI=1S/C13H12N2O4/c1-8-14-11(7-19-8)12(16)15-10-5-3-9(4-6-10)13(17)18-2/h3-7H,1-2H3,(H,15,16). The number of esters is 1. The lowest BCUT2D eigenvalue weighted by atomic mass is 10.2. The van der Waals surface area contributed by atoms with Gasteiger partial charge >= 0.3 is 5.97 Å². The average molecular weight is 260 g/mol. The Balaban J connectivity index is 2.07. The van der Waals surface area contributed by atoms with Crippen LogP contribution in [0.2, 0.25) is 0 Å². The fourth-order valence-corrected chi connectivity index (χ4v) is 1.47. The van der Waals surface area contributed by atoms with Gasteiger partial charge in [-0.15, -0.1) is 0 Å². The van der Waals surface area contributed by atoms with Crippen LogP contribution in [0.25, 0.3) is 0 Å². The van der Waals surface area contributed by atoms with E-state index in [-0.39, 0.29) is 11.6 Å². The third-order valence-electron chi connectivity index (χ3n) is 2.42. The Hall–Kier alpha value is -2.63. The quantitative estimate of drug-likeness (QED) is 0.854. The highest BCUT2D eigenvalue weighted by Crippen LogP contribution is 2.12. The van der Waals surface area contributed by atoms with Crippen LogP contribution in [0.1, 0.15) is 26.7 Å². The largest absolute Gasteiger partial charge is 0.465 e. The molecule has 1 heterocycles. The van der Waals surface area contributed by atoms with Gasteiger partial charge in [0.15, 0.2) is 11.6 Å². The highest BCUT2D eigenvalue weighted by atomic mass is 16.5. The van der Waals surface area contributed by atoms with Crippen molar-refractivity contribution in [1.82, 2.24) is 4.98 Å². The maximum atomic E-state index is 11.8. The molecular formula is C13H12N2O4. The van der Waals surface area contributed by atoms with E-state index in [2.05, 4.69) is 15.0 Å². The molecule has 19 heavy (non-hydrogen) atoms. The van der Waals surface area contributed by atoms with E-state index < -0.39 is 5.97 Å². The van der Waals surface area contributed by atoms with Crippen LogP contribution in [-0.2, 0) is 4.74 Å². The lowest BCUT2D eigenvalue weighted by Crippen LogP contribution is -2.12. The topological polar surface area (TPSA) is 81.4 Å². The fourth-order valence-electron chi connectivity index (χ4n) is 1.47. The molecule has 0 bridgehead atoms. The molecule has 0 fully saturated rings. The van der Waals surface area contributed by atoms with Gasteiger partial charge in [-0.1, -0.05) is 0 Å². The van der Waals surface area contributed by atoms with Crippen LogP contribution in [-0.4, -0.2) is 24.0 Å². The summed E-state index contributed by atoms with van der Waals surface area (Å²) < 4.78 is 9.54. The lowest BCUT2D eigenvalue weighted by Gasteiger charge is -2.04. The zero-order valence-corrected chi connectivity index (χ0v) is 10.5. The van der Waals surface area contributed by atoms with E-state index in [1.807, 2.05) is 0 Å². The average Bonchev–Trinajstić information content (AvgIpc) is 2.85. The molecule has 2 rings (SSSR count). The number of methoxy groups -OCH3 is 1. The van der Waals surface area contributed by atoms with Crippen LogP contribution in [0.3, 0.4) is 0 Å². The van der Waals surface area contributed by atoms with Crippen molar-refractivity contribution in [2.75, 3.05) is 12.4 Å². The highest BCUT2D eigenvalue weighted by Gasteiger charge is 2.11. The van der Waals surface area contributed by atoms with Gasteiger partial charge in [-0.3, -0.25) is 4.79 Å². The summed E-state index contributed by atoms with van der Waals surface area (Å²) in [6, 6.07) is 6.35. The first kappa shape index (κ1) is 12.8. The summed E-state index contributed by atoms with van der Waals surface area (Å²) in [6.07, 6.45) is 1.29. The van der Waals surface area contributed by atoms with Gasteiger partial charge in [0.1, 0.15) is 6.26 Å². The number of nitrogens with one attached hydrogen (secondary N) is 1. The van der Waals surface area contributed by atoms with Crippen molar-refractivity contribution in [1.29, 1.82) is 0 Å². The van der Waals surface area contributed by atoms with Crippen molar-refractivity contribution in [2.45, 2.75) is 6.92 Å². The van der Waals surface area contributed by atoms with Gasteiger partial charge in [-0.2, -0.15) is 0 Å². The Bertz CT molecular complexity index is 601. The van der Waals surface area contributed by atoms with E-state index in [1.165, 1.54) is 13.4 Å². The molecule has 0 unspecified atom stereocenters. The first-order valence-corrected chi connectivity index (χ1v) is 5.52. The molecule has 0 aliphatic rings. The number of hydrogen-bond donors (Lipinski definition) is 1. The number of rotatable bonds is 3. The third-order valence-corrected chi connectivity index (χ3v) is 2.42. The minimum atomic E-state index is -0.426. The van der Waals surface area contributed by atoms with E-state index in [4.69, 9.17) is 4.42 Å². The van der Waals surface area contributed by atoms with Gasteiger partial charge in [0.05, 0.1) is 12.7 Å². The maximum absolute atomic E-state index is 11.8. The summed E-state index contributed by atoms with van der Waals surface area (Å²) in [5.74, 6) is -0.376. The lowest BCUT2D eigenvalue weighted by molar-refractivity contribution is 0.0600. The van der Waals surface area contributed by atoms with Crippen molar-refractivity contribution in [3.05, 3.63) is 47.7 Å². The Morgan fingerprint density at radius 2 is 1.95 bits per heavy atom. The molecule has 1 aromatic carbocycles. The Kier molecular flexibility index (Phi) is 3.61. The molecule has 0 radical (unpaired) electrons. The summed E-state index contributed by atoms with van der Waals surface area (Å²) in [6.45, 7) is 1.65. The number of hydrogen-bond acceptors (Lipinski definition) is 5. The van der Waals surface area contributed by atoms with Crippen LogP contribution in [0, 0.1) is 6.92 Å².